The number of benzene rings is 25. The summed E-state index contributed by atoms with van der Waals surface area (Å²) in [5.41, 5.74) is -26.7. The molecule has 0 N–H and O–H groups in total. The molecule has 0 atom stereocenters. The normalized spacial score (nSPS) is 20.7. The Hall–Kier alpha value is -17.7. The Morgan fingerprint density at radius 3 is 0.551 bits per heavy atom. The summed E-state index contributed by atoms with van der Waals surface area (Å²) in [5, 5.41) is -11.8. The molecule has 0 aliphatic heterocycles. The first-order valence-electron chi connectivity index (χ1n) is 85.5. The van der Waals surface area contributed by atoms with Crippen LogP contribution in [0.1, 0.15) is 126 Å². The van der Waals surface area contributed by atoms with Crippen molar-refractivity contribution in [2.45, 2.75) is 0 Å². The molecule has 0 aromatic heterocycles. The van der Waals surface area contributed by atoms with E-state index in [1.165, 1.54) is 0 Å². The molecular weight excluding hydrogens is 1630 g/mol. The second-order valence-corrected chi connectivity index (χ2v) is 28.0. The average Bonchev–Trinajstić information content (AvgIpc) is 0.681. The highest BCUT2D eigenvalue weighted by atomic mass is 14.3. The number of fused-ring (bicyclic) bond motifs is 7. The Kier molecular flexibility index (Phi) is 8.27. The maximum Gasteiger partial charge on any atom is 0.0636 e. The zero-order chi connectivity index (χ0) is 171. The fourth-order valence-corrected chi connectivity index (χ4v) is 14.5. The number of hydrogen-bond donors (Lipinski definition) is 0. The van der Waals surface area contributed by atoms with Crippen LogP contribution in [0.25, 0.3) is 242 Å². The van der Waals surface area contributed by atoms with E-state index in [9.17, 15) is 39.8 Å². The monoisotopic (exact) mass is 1820 g/mol. The lowest BCUT2D eigenvalue weighted by molar-refractivity contribution is 1.58. The Bertz CT molecular complexity index is 14500. The summed E-state index contributed by atoms with van der Waals surface area (Å²) in [6, 6.07) is -95.5. The zero-order valence-corrected chi connectivity index (χ0v) is 68.0. The summed E-state index contributed by atoms with van der Waals surface area (Å²) >= 11 is 0. The molecule has 0 aliphatic carbocycles. The Morgan fingerprint density at radius 1 is 0.0882 bits per heavy atom. The molecule has 0 nitrogen and oxygen atoms in total. The van der Waals surface area contributed by atoms with Crippen LogP contribution in [-0.2, 0) is 0 Å². The molecule has 25 aromatic carbocycles. The van der Waals surface area contributed by atoms with Gasteiger partial charge >= 0.3 is 0 Å². The van der Waals surface area contributed by atoms with Crippen molar-refractivity contribution >= 4 is 75.4 Å². The lowest BCUT2D eigenvalue weighted by Gasteiger charge is -2.19. The summed E-state index contributed by atoms with van der Waals surface area (Å²) < 4.78 is 821. The largest absolute Gasteiger partial charge is 0.0636 e. The maximum absolute atomic E-state index is 10.1. The molecule has 0 radical (unpaired) electrons. The van der Waals surface area contributed by atoms with Gasteiger partial charge in [-0.3, -0.25) is 0 Å². The van der Waals surface area contributed by atoms with Crippen molar-refractivity contribution < 1.29 is 126 Å². The summed E-state index contributed by atoms with van der Waals surface area (Å²) in [4.78, 5) is 0. The first-order chi connectivity index (χ1) is 106. The molecule has 0 saturated carbocycles. The van der Waals surface area contributed by atoms with Gasteiger partial charge in [0.2, 0.25) is 0 Å². The Morgan fingerprint density at radius 2 is 0.250 bits per heavy atom. The minimum Gasteiger partial charge on any atom is -0.0622 e. The van der Waals surface area contributed by atoms with Gasteiger partial charge in [0.05, 0.1) is 126 Å². The molecule has 0 heterocycles. The van der Waals surface area contributed by atoms with E-state index in [0.717, 1.165) is 0 Å². The number of hydrogen-bond acceptors (Lipinski definition) is 0. The Labute approximate surface area is 923 Å². The van der Waals surface area contributed by atoms with Crippen LogP contribution < -0.4 is 0 Å². The molecule has 0 bridgehead atoms. The molecule has 25 aromatic rings. The fraction of sp³-hybridized carbons (Fsp3) is 0. The molecular formula is C136H92. The topological polar surface area (TPSA) is 0 Å². The van der Waals surface area contributed by atoms with Crippen molar-refractivity contribution in [3.8, 4) is 167 Å². The first-order valence-corrected chi connectivity index (χ1v) is 39.5. The molecule has 136 heavy (non-hydrogen) atoms. The van der Waals surface area contributed by atoms with Gasteiger partial charge in [0.1, 0.15) is 0 Å². The van der Waals surface area contributed by atoms with Gasteiger partial charge in [0.15, 0.2) is 0 Å². The van der Waals surface area contributed by atoms with Crippen molar-refractivity contribution in [2.75, 3.05) is 0 Å². The second kappa shape index (κ2) is 37.3. The van der Waals surface area contributed by atoms with E-state index in [0.29, 0.717) is 0 Å². The molecule has 0 spiro atoms. The molecule has 0 fully saturated rings. The van der Waals surface area contributed by atoms with E-state index in [1.54, 1.807) is 0 Å². The van der Waals surface area contributed by atoms with E-state index >= 15 is 0 Å². The lowest BCUT2D eigenvalue weighted by Crippen LogP contribution is -1.92. The van der Waals surface area contributed by atoms with Gasteiger partial charge < -0.3 is 0 Å². The average molecular weight is 1820 g/mol. The third kappa shape index (κ3) is 16.4. The van der Waals surface area contributed by atoms with Crippen LogP contribution in [0, 0.1) is 0 Å². The van der Waals surface area contributed by atoms with Crippen molar-refractivity contribution in [1.82, 2.24) is 0 Å². The van der Waals surface area contributed by atoms with Gasteiger partial charge in [-0.15, -0.1) is 0 Å². The molecule has 25 rings (SSSR count). The van der Waals surface area contributed by atoms with Gasteiger partial charge in [-0.25, -0.2) is 0 Å². The van der Waals surface area contributed by atoms with Gasteiger partial charge in [-0.1, -0.05) is 520 Å². The molecule has 0 amide bonds. The van der Waals surface area contributed by atoms with Gasteiger partial charge in [0.25, 0.3) is 0 Å². The van der Waals surface area contributed by atoms with Crippen LogP contribution in [0.4, 0.5) is 0 Å². The number of rotatable bonds is 15. The van der Waals surface area contributed by atoms with E-state index in [4.69, 9.17) is 86.4 Å². The highest BCUT2D eigenvalue weighted by molar-refractivity contribution is 6.25. The SMILES string of the molecule is [2H]c1c([2H])c([2H])c(-c2c([2H])c([2H])c(-c3c([2H])c([2H])c([2H])c(-c4c5c([2H])c([2H])c([2H])c([2H])c5c(-c5c([2H])c([2H])c([2H])c([2H])c5[2H])c5c([2H])c(-c6c([2H])c([2H])c([2H])c([2H])c6[2H])c([2H])c([2H])c45)c3[2H])c([2H])c2[2H])c([2H])c1[2H].[2H]c1c([2H])c([2H])c(-c2c([2H])c([2H])c(-c3c([2H])c([2H])c([2H])c(-c4c5c([2H])c([2H])c([2H])c([2H])c5c(-c5c([2H])c([2H])c([2H])c([2H])c5[2H])c5c([2H])c(-c6c([2H])c([2H])c([2H])c7c([2H])c([2H])c([2H])c([2H])c67)c([2H])c([2H])c45)c3[2H])c([2H])c2[2H])c([2H])c1[2H].[2H]c1c([2H])c([2H])c(-c2c([2H])c([2H])c(-c3c([2H])c([2H])c([2H])c(-c4c5c([2H])c([2H])c([2H])c([2H])c5c(-c5c([2H])c([2H])c([2H])c([2H])c5[2H])c5c([2H])c([2H])c(-c6c([2H])c([2H])c([2H])c([2H])c6[2H])c([2H])c45)c3[2H])c([2H])c2[2H])c([2H])c1[2H]. The summed E-state index contributed by atoms with van der Waals surface area (Å²) in [7, 11) is 0. The standard InChI is InChI=1S/C48H32.2C44H30/c1-3-13-33(14-4-1)34-25-27-35(28-26-34)38-19-11-20-40(31-38)48-44-23-10-9-22-43(44)47(37-16-5-2-6-17-37)46-32-39(29-30-45(46)48)42-24-12-18-36-15-7-8-21-41(36)42;1-4-13-31(14-5-1)33-23-25-34(26-24-33)36-19-12-20-38(29-36)44-40-22-11-10-21-39(40)43(35-17-8-3-9-18-35)42-30-37(27-28-41(42)44)32-15-6-2-7-16-32;1-4-13-31(14-5-1)33-23-25-34(26-24-33)36-19-12-20-38(29-36)44-40-22-11-10-21-39(40)43(35-17-8-3-9-18-35)41-28-27-37(30-42(41)44)32-15-6-2-7-16-32/h1-32H;2*1-30H/i1D,2D,3D,4D,5D,6D,7D,8D,9D,10D,11D,12D,13D,14D,15D,16D,17D,18D,19D,20D,21D,22D,23D,24D,25D,26D,27D,28D,29D,30D,31D,32D;2*1D,2D,3D,4D,5D,6D,7D,8D,9D,10D,11D,12D,13D,14D,15D,16D,17D,18D,19D,20D,21D,22D,23D,24D,25D,26D,27D,28D,29D,30D. The zero-order valence-electron chi connectivity index (χ0n) is 160. The smallest absolute Gasteiger partial charge is 0.0622 e. The molecule has 0 saturated heterocycles. The van der Waals surface area contributed by atoms with E-state index in [1.807, 2.05) is 0 Å². The predicted molar refractivity (Wildman–Crippen MR) is 583 cm³/mol. The Balaban J connectivity index is 0.000000172. The maximum atomic E-state index is 10.1. The third-order valence-corrected chi connectivity index (χ3v) is 20.3. The highest BCUT2D eigenvalue weighted by Gasteiger charge is 2.24. The van der Waals surface area contributed by atoms with E-state index < -0.39 is 798 Å². The third-order valence-electron chi connectivity index (χ3n) is 20.3. The van der Waals surface area contributed by atoms with Crippen LogP contribution in [0.5, 0.6) is 0 Å². The van der Waals surface area contributed by atoms with E-state index in [-0.39, 0.29) is 0 Å². The van der Waals surface area contributed by atoms with Crippen LogP contribution in [0.3, 0.4) is 0 Å². The van der Waals surface area contributed by atoms with E-state index in [2.05, 4.69) is 0 Å². The quantitative estimate of drug-likeness (QED) is 0.0898. The predicted octanol–water partition coefficient (Wildman–Crippen LogP) is 38.1. The lowest BCUT2D eigenvalue weighted by atomic mass is 9.84. The highest BCUT2D eigenvalue weighted by Crippen LogP contribution is 2.51. The molecule has 636 valence electrons. The fourth-order valence-electron chi connectivity index (χ4n) is 14.5. The van der Waals surface area contributed by atoms with Gasteiger partial charge in [-0.2, -0.15) is 0 Å². The summed E-state index contributed by atoms with van der Waals surface area (Å²) in [6.45, 7) is 0. The van der Waals surface area contributed by atoms with Crippen LogP contribution >= 0.6 is 0 Å². The van der Waals surface area contributed by atoms with Crippen molar-refractivity contribution in [3.63, 3.8) is 0 Å². The minimum atomic E-state index is -1.21. The van der Waals surface area contributed by atoms with Crippen LogP contribution in [-0.4, -0.2) is 0 Å². The van der Waals surface area contributed by atoms with Crippen LogP contribution in [0.2, 0.25) is 0 Å². The van der Waals surface area contributed by atoms with Crippen molar-refractivity contribution in [2.24, 2.45) is 0 Å². The second-order valence-electron chi connectivity index (χ2n) is 28.0. The summed E-state index contributed by atoms with van der Waals surface area (Å²) in [6.07, 6.45) is 0. The van der Waals surface area contributed by atoms with Crippen molar-refractivity contribution in [1.29, 1.82) is 0 Å². The summed E-state index contributed by atoms with van der Waals surface area (Å²) in [5.74, 6) is 0. The van der Waals surface area contributed by atoms with Crippen molar-refractivity contribution in [3.05, 3.63) is 556 Å². The van der Waals surface area contributed by atoms with Gasteiger partial charge in [0, 0.05) is 0 Å². The molecule has 0 heteroatoms. The molecule has 0 aliphatic rings. The minimum absolute atomic E-state index is 0.684. The molecule has 0 unspecified atom stereocenters. The van der Waals surface area contributed by atoms with Gasteiger partial charge in [-0.05, 0) is 279 Å². The first kappa shape index (κ1) is 30.2. The van der Waals surface area contributed by atoms with Crippen LogP contribution in [0.15, 0.2) is 556 Å².